The normalized spacial score (nSPS) is 15.7. The summed E-state index contributed by atoms with van der Waals surface area (Å²) in [7, 11) is 0. The molecule has 0 radical (unpaired) electrons. The Labute approximate surface area is 208 Å². The molecule has 10 nitrogen and oxygen atoms in total. The molecule has 186 valence electrons. The number of fused-ring (bicyclic) bond motifs is 1. The summed E-state index contributed by atoms with van der Waals surface area (Å²) in [6, 6.07) is 5.19. The quantitative estimate of drug-likeness (QED) is 0.393. The van der Waals surface area contributed by atoms with E-state index in [-0.39, 0.29) is 12.8 Å². The fraction of sp³-hybridized carbons (Fsp3) is 0.417. The number of nitrogen functional groups attached to an aromatic ring is 1. The molecule has 11 heteroatoms. The highest BCUT2D eigenvalue weighted by Gasteiger charge is 2.52. The zero-order valence-corrected chi connectivity index (χ0v) is 21.0. The fourth-order valence-corrected chi connectivity index (χ4v) is 5.08. The largest absolute Gasteiger partial charge is 0.465 e. The third kappa shape index (κ3) is 4.45. The van der Waals surface area contributed by atoms with Crippen molar-refractivity contribution >= 4 is 51.8 Å². The third-order valence-electron chi connectivity index (χ3n) is 6.51. The van der Waals surface area contributed by atoms with E-state index in [1.165, 1.54) is 11.2 Å². The van der Waals surface area contributed by atoms with Crippen molar-refractivity contribution in [2.75, 3.05) is 29.0 Å². The molecular weight excluding hydrogens is 470 g/mol. The van der Waals surface area contributed by atoms with Crippen LogP contribution in [0.15, 0.2) is 30.7 Å². The van der Waals surface area contributed by atoms with Gasteiger partial charge in [-0.25, -0.2) is 14.8 Å². The van der Waals surface area contributed by atoms with Gasteiger partial charge in [0.1, 0.15) is 23.3 Å². The lowest BCUT2D eigenvalue weighted by Gasteiger charge is -2.51. The number of nitrogens with two attached hydrogens (primary N) is 1. The van der Waals surface area contributed by atoms with Crippen molar-refractivity contribution in [3.63, 3.8) is 0 Å². The number of nitrogens with one attached hydrogen (secondary N) is 2. The van der Waals surface area contributed by atoms with Gasteiger partial charge in [-0.15, -0.1) is 0 Å². The number of amides is 2. The second-order valence-corrected chi connectivity index (χ2v) is 10.3. The van der Waals surface area contributed by atoms with Crippen molar-refractivity contribution in [3.8, 4) is 0 Å². The van der Waals surface area contributed by atoms with Crippen LogP contribution in [0.2, 0.25) is 5.02 Å². The Hall–Kier alpha value is -3.53. The third-order valence-corrected chi connectivity index (χ3v) is 6.92. The Kier molecular flexibility index (Phi) is 6.27. The topological polar surface area (TPSA) is 140 Å². The van der Waals surface area contributed by atoms with Crippen LogP contribution in [0.1, 0.15) is 39.2 Å². The maximum Gasteiger partial charge on any atom is 0.408 e. The molecule has 4 rings (SSSR count). The summed E-state index contributed by atoms with van der Waals surface area (Å²) >= 11 is 6.16. The van der Waals surface area contributed by atoms with Gasteiger partial charge in [-0.3, -0.25) is 9.69 Å². The van der Waals surface area contributed by atoms with Gasteiger partial charge in [0.25, 0.3) is 5.91 Å². The predicted octanol–water partition coefficient (Wildman–Crippen LogP) is 4.26. The highest BCUT2D eigenvalue weighted by atomic mass is 35.5. The Morgan fingerprint density at radius 3 is 2.57 bits per heavy atom. The van der Waals surface area contributed by atoms with Gasteiger partial charge in [-0.2, -0.15) is 0 Å². The summed E-state index contributed by atoms with van der Waals surface area (Å²) in [5.41, 5.74) is 6.18. The number of benzene rings is 1. The molecule has 1 aliphatic heterocycles. The van der Waals surface area contributed by atoms with Crippen LogP contribution >= 0.6 is 11.6 Å². The minimum Gasteiger partial charge on any atom is -0.465 e. The van der Waals surface area contributed by atoms with Crippen molar-refractivity contribution in [3.05, 3.63) is 41.3 Å². The Balaban J connectivity index is 1.70. The lowest BCUT2D eigenvalue weighted by atomic mass is 9.81. The van der Waals surface area contributed by atoms with Crippen LogP contribution in [0.4, 0.5) is 22.0 Å². The standard InChI is InChI=1S/C24H30ClN7O3/c1-14-11-18(17(26)12-16(14)25)30-21(33)24(32(22(34)35)23(2,3)4)6-9-31(10-7-24)20-15-5-8-27-19(15)28-13-29-20/h5,8,11-13H,6-7,9-10,26H2,1-4H3,(H,30,33)(H,34,35)(H,27,28,29). The number of piperidine rings is 1. The molecule has 2 aromatic heterocycles. The van der Waals surface area contributed by atoms with Crippen LogP contribution in [0.5, 0.6) is 0 Å². The molecule has 0 saturated carbocycles. The van der Waals surface area contributed by atoms with Gasteiger partial charge in [0.15, 0.2) is 0 Å². The fourth-order valence-electron chi connectivity index (χ4n) is 4.91. The van der Waals surface area contributed by atoms with Crippen LogP contribution in [0, 0.1) is 6.92 Å². The number of anilines is 3. The monoisotopic (exact) mass is 499 g/mol. The van der Waals surface area contributed by atoms with E-state index in [1.54, 1.807) is 39.1 Å². The summed E-state index contributed by atoms with van der Waals surface area (Å²) in [6.07, 6.45) is 2.67. The van der Waals surface area contributed by atoms with Gasteiger partial charge < -0.3 is 26.0 Å². The van der Waals surface area contributed by atoms with Crippen molar-refractivity contribution in [2.24, 2.45) is 0 Å². The zero-order chi connectivity index (χ0) is 25.5. The number of hydrogen-bond donors (Lipinski definition) is 4. The van der Waals surface area contributed by atoms with Crippen LogP contribution in [0.25, 0.3) is 11.0 Å². The number of aryl methyl sites for hydroxylation is 1. The highest BCUT2D eigenvalue weighted by molar-refractivity contribution is 6.31. The number of nitrogens with zero attached hydrogens (tertiary/aromatic N) is 4. The first-order chi connectivity index (χ1) is 16.4. The molecular formula is C24H30ClN7O3. The Morgan fingerprint density at radius 1 is 1.26 bits per heavy atom. The van der Waals surface area contributed by atoms with Gasteiger partial charge in [0.2, 0.25) is 0 Å². The van der Waals surface area contributed by atoms with Crippen molar-refractivity contribution < 1.29 is 14.7 Å². The minimum absolute atomic E-state index is 0.269. The van der Waals surface area contributed by atoms with Crippen molar-refractivity contribution in [2.45, 2.75) is 51.6 Å². The summed E-state index contributed by atoms with van der Waals surface area (Å²) in [6.45, 7) is 8.04. The number of hydrogen-bond acceptors (Lipinski definition) is 6. The molecule has 0 atom stereocenters. The van der Waals surface area contributed by atoms with E-state index >= 15 is 0 Å². The number of aromatic nitrogens is 3. The molecule has 3 heterocycles. The molecule has 1 aliphatic rings. The Morgan fingerprint density at radius 2 is 1.94 bits per heavy atom. The van der Waals surface area contributed by atoms with Gasteiger partial charge in [0.05, 0.1) is 16.8 Å². The van der Waals surface area contributed by atoms with E-state index in [0.29, 0.717) is 29.5 Å². The number of carbonyl (C=O) groups excluding carboxylic acids is 1. The summed E-state index contributed by atoms with van der Waals surface area (Å²) < 4.78 is 0. The molecule has 2 amide bonds. The number of carbonyl (C=O) groups is 2. The maximum absolute atomic E-state index is 13.9. The molecule has 1 saturated heterocycles. The molecule has 1 aromatic carbocycles. The molecule has 35 heavy (non-hydrogen) atoms. The second-order valence-electron chi connectivity index (χ2n) is 9.89. The molecule has 0 unspecified atom stereocenters. The van der Waals surface area contributed by atoms with E-state index in [2.05, 4.69) is 25.2 Å². The number of aromatic amines is 1. The number of carboxylic acid groups (broad SMARTS) is 1. The van der Waals surface area contributed by atoms with Crippen LogP contribution < -0.4 is 16.0 Å². The average Bonchev–Trinajstić information content (AvgIpc) is 3.26. The molecule has 1 fully saturated rings. The predicted molar refractivity (Wildman–Crippen MR) is 137 cm³/mol. The molecule has 0 aliphatic carbocycles. The van der Waals surface area contributed by atoms with Gasteiger partial charge in [0, 0.05) is 29.8 Å². The van der Waals surface area contributed by atoms with Crippen molar-refractivity contribution in [1.82, 2.24) is 19.9 Å². The van der Waals surface area contributed by atoms with Gasteiger partial charge in [-0.05, 0) is 64.3 Å². The lowest BCUT2D eigenvalue weighted by Crippen LogP contribution is -2.68. The van der Waals surface area contributed by atoms with Crippen molar-refractivity contribution in [1.29, 1.82) is 0 Å². The van der Waals surface area contributed by atoms with E-state index in [1.807, 2.05) is 13.0 Å². The SMILES string of the molecule is Cc1cc(NC(=O)C2(N(C(=O)O)C(C)(C)C)CCN(c3ncnc4[nH]ccc34)CC2)c(N)cc1Cl. The highest BCUT2D eigenvalue weighted by Crippen LogP contribution is 2.38. The van der Waals surface area contributed by atoms with Crippen LogP contribution in [0.3, 0.4) is 0 Å². The molecule has 0 bridgehead atoms. The zero-order valence-electron chi connectivity index (χ0n) is 20.2. The molecule has 0 spiro atoms. The molecule has 5 N–H and O–H groups in total. The van der Waals surface area contributed by atoms with Gasteiger partial charge in [-0.1, -0.05) is 11.6 Å². The number of halogens is 1. The van der Waals surface area contributed by atoms with E-state index < -0.39 is 23.1 Å². The van der Waals surface area contributed by atoms with Gasteiger partial charge >= 0.3 is 6.09 Å². The summed E-state index contributed by atoms with van der Waals surface area (Å²) in [4.78, 5) is 41.5. The van der Waals surface area contributed by atoms with E-state index in [0.717, 1.165) is 22.4 Å². The van der Waals surface area contributed by atoms with Crippen LogP contribution in [-0.2, 0) is 4.79 Å². The first-order valence-corrected chi connectivity index (χ1v) is 11.8. The minimum atomic E-state index is -1.31. The van der Waals surface area contributed by atoms with E-state index in [4.69, 9.17) is 17.3 Å². The maximum atomic E-state index is 13.9. The summed E-state index contributed by atoms with van der Waals surface area (Å²) in [5.74, 6) is 0.331. The number of H-pyrrole nitrogens is 1. The Bertz CT molecular complexity index is 1280. The first kappa shape index (κ1) is 24.6. The number of rotatable bonds is 4. The molecule has 3 aromatic rings. The average molecular weight is 500 g/mol. The van der Waals surface area contributed by atoms with Crippen LogP contribution in [-0.4, -0.2) is 61.1 Å². The first-order valence-electron chi connectivity index (χ1n) is 11.4. The van der Waals surface area contributed by atoms with E-state index in [9.17, 15) is 14.7 Å². The second kappa shape index (κ2) is 8.92. The smallest absolute Gasteiger partial charge is 0.408 e. The summed E-state index contributed by atoms with van der Waals surface area (Å²) in [5, 5.41) is 14.5. The lowest BCUT2D eigenvalue weighted by molar-refractivity contribution is -0.132.